The minimum Gasteiger partial charge on any atom is -0.300 e. The van der Waals surface area contributed by atoms with Gasteiger partial charge >= 0.3 is 6.18 Å². The lowest BCUT2D eigenvalue weighted by Gasteiger charge is -2.11. The van der Waals surface area contributed by atoms with Crippen molar-refractivity contribution >= 4 is 22.4 Å². The zero-order valence-corrected chi connectivity index (χ0v) is 14.1. The van der Waals surface area contributed by atoms with Gasteiger partial charge in [-0.05, 0) is 25.1 Å². The zero-order valence-electron chi connectivity index (χ0n) is 13.3. The van der Waals surface area contributed by atoms with Crippen LogP contribution in [-0.4, -0.2) is 20.7 Å². The molecule has 1 amide bonds. The first-order valence-corrected chi connectivity index (χ1v) is 8.26. The fourth-order valence-electron chi connectivity index (χ4n) is 2.15. The number of alkyl halides is 3. The lowest BCUT2D eigenvalue weighted by atomic mass is 10.2. The van der Waals surface area contributed by atoms with Gasteiger partial charge in [0, 0.05) is 17.1 Å². The molecular formula is C16H12F4N4OS. The summed E-state index contributed by atoms with van der Waals surface area (Å²) in [6, 6.07) is 5.67. The third kappa shape index (κ3) is 3.90. The molecule has 0 aliphatic carbocycles. The predicted molar refractivity (Wildman–Crippen MR) is 88.1 cm³/mol. The summed E-state index contributed by atoms with van der Waals surface area (Å²) in [5, 5.41) is 7.80. The van der Waals surface area contributed by atoms with Crippen LogP contribution in [0, 0.1) is 5.82 Å². The van der Waals surface area contributed by atoms with Crippen LogP contribution in [0.2, 0.25) is 0 Å². The molecule has 0 bridgehead atoms. The molecule has 0 radical (unpaired) electrons. The van der Waals surface area contributed by atoms with Crippen molar-refractivity contribution in [1.29, 1.82) is 0 Å². The Morgan fingerprint density at radius 3 is 2.73 bits per heavy atom. The van der Waals surface area contributed by atoms with Crippen molar-refractivity contribution in [2.45, 2.75) is 19.1 Å². The predicted octanol–water partition coefficient (Wildman–Crippen LogP) is 4.36. The number of amides is 1. The van der Waals surface area contributed by atoms with Gasteiger partial charge < -0.3 is 5.32 Å². The third-order valence-electron chi connectivity index (χ3n) is 3.53. The molecule has 0 fully saturated rings. The number of hydrogen-bond donors (Lipinski definition) is 1. The van der Waals surface area contributed by atoms with Gasteiger partial charge in [-0.3, -0.25) is 9.48 Å². The van der Waals surface area contributed by atoms with Gasteiger partial charge in [-0.2, -0.15) is 18.3 Å². The highest BCUT2D eigenvalue weighted by Gasteiger charge is 2.34. The van der Waals surface area contributed by atoms with Crippen molar-refractivity contribution in [3.63, 3.8) is 0 Å². The summed E-state index contributed by atoms with van der Waals surface area (Å²) in [6.45, 7) is 1.42. The van der Waals surface area contributed by atoms with Crippen LogP contribution >= 0.6 is 11.3 Å². The first-order chi connectivity index (χ1) is 12.2. The molecule has 0 saturated heterocycles. The average molecular weight is 384 g/mol. The highest BCUT2D eigenvalue weighted by molar-refractivity contribution is 7.14. The van der Waals surface area contributed by atoms with Gasteiger partial charge in [-0.25, -0.2) is 9.37 Å². The Morgan fingerprint density at radius 1 is 1.31 bits per heavy atom. The summed E-state index contributed by atoms with van der Waals surface area (Å²) in [5.41, 5.74) is -0.0348. The van der Waals surface area contributed by atoms with E-state index in [9.17, 15) is 22.4 Å². The number of halogens is 4. The van der Waals surface area contributed by atoms with Crippen LogP contribution < -0.4 is 5.32 Å². The Hall–Kier alpha value is -2.75. The van der Waals surface area contributed by atoms with E-state index in [0.717, 1.165) is 28.3 Å². The molecule has 1 aromatic carbocycles. The highest BCUT2D eigenvalue weighted by atomic mass is 32.1. The maximum atomic E-state index is 13.3. The van der Waals surface area contributed by atoms with Crippen molar-refractivity contribution in [2.24, 2.45) is 0 Å². The summed E-state index contributed by atoms with van der Waals surface area (Å²) in [7, 11) is 0. The smallest absolute Gasteiger partial charge is 0.300 e. The van der Waals surface area contributed by atoms with Crippen molar-refractivity contribution in [3.05, 3.63) is 53.4 Å². The number of nitrogens with one attached hydrogen (secondary N) is 1. The quantitative estimate of drug-likeness (QED) is 0.680. The second kappa shape index (κ2) is 6.87. The second-order valence-electron chi connectivity index (χ2n) is 5.39. The maximum absolute atomic E-state index is 13.3. The summed E-state index contributed by atoms with van der Waals surface area (Å²) in [5.74, 6) is -0.976. The molecule has 2 heterocycles. The Labute approximate surface area is 149 Å². The van der Waals surface area contributed by atoms with E-state index in [1.54, 1.807) is 17.5 Å². The Bertz CT molecular complexity index is 934. The average Bonchev–Trinajstić information content (AvgIpc) is 3.23. The maximum Gasteiger partial charge on any atom is 0.435 e. The van der Waals surface area contributed by atoms with E-state index in [1.807, 2.05) is 0 Å². The van der Waals surface area contributed by atoms with Gasteiger partial charge in [0.2, 0.25) is 0 Å². The van der Waals surface area contributed by atoms with Crippen LogP contribution in [0.5, 0.6) is 0 Å². The molecule has 10 heteroatoms. The Balaban J connectivity index is 1.71. The Kier molecular flexibility index (Phi) is 4.77. The summed E-state index contributed by atoms with van der Waals surface area (Å²) in [4.78, 5) is 16.4. The first-order valence-electron chi connectivity index (χ1n) is 7.39. The van der Waals surface area contributed by atoms with E-state index >= 15 is 0 Å². The largest absolute Gasteiger partial charge is 0.435 e. The van der Waals surface area contributed by atoms with Gasteiger partial charge in [-0.15, -0.1) is 11.3 Å². The topological polar surface area (TPSA) is 59.8 Å². The van der Waals surface area contributed by atoms with Gasteiger partial charge in [0.1, 0.15) is 11.9 Å². The van der Waals surface area contributed by atoms with E-state index in [0.29, 0.717) is 11.3 Å². The molecule has 0 aliphatic heterocycles. The van der Waals surface area contributed by atoms with E-state index in [-0.39, 0.29) is 5.13 Å². The lowest BCUT2D eigenvalue weighted by Crippen LogP contribution is -2.24. The SMILES string of the molecule is CC(C(=O)Nc1nc(-c2cccc(F)c2)cs1)n1ccc(C(F)(F)F)n1. The van der Waals surface area contributed by atoms with Crippen molar-refractivity contribution in [3.8, 4) is 11.3 Å². The number of carbonyl (C=O) groups is 1. The number of hydrogen-bond acceptors (Lipinski definition) is 4. The van der Waals surface area contributed by atoms with E-state index in [4.69, 9.17) is 0 Å². The number of benzene rings is 1. The first kappa shape index (κ1) is 18.1. The molecule has 0 saturated carbocycles. The van der Waals surface area contributed by atoms with Crippen LogP contribution in [0.3, 0.4) is 0 Å². The van der Waals surface area contributed by atoms with Crippen LogP contribution in [0.4, 0.5) is 22.7 Å². The molecule has 26 heavy (non-hydrogen) atoms. The molecular weight excluding hydrogens is 372 g/mol. The van der Waals surface area contributed by atoms with E-state index in [2.05, 4.69) is 15.4 Å². The molecule has 0 aliphatic rings. The molecule has 1 N–H and O–H groups in total. The van der Waals surface area contributed by atoms with Crippen LogP contribution in [0.1, 0.15) is 18.7 Å². The fraction of sp³-hybridized carbons (Fsp3) is 0.188. The number of anilines is 1. The number of rotatable bonds is 4. The van der Waals surface area contributed by atoms with E-state index in [1.165, 1.54) is 19.1 Å². The van der Waals surface area contributed by atoms with Crippen LogP contribution in [0.15, 0.2) is 41.9 Å². The number of nitrogens with zero attached hydrogens (tertiary/aromatic N) is 3. The molecule has 5 nitrogen and oxygen atoms in total. The summed E-state index contributed by atoms with van der Waals surface area (Å²) >= 11 is 1.13. The van der Waals surface area contributed by atoms with Crippen molar-refractivity contribution in [1.82, 2.24) is 14.8 Å². The number of aromatic nitrogens is 3. The minimum absolute atomic E-state index is 0.254. The van der Waals surface area contributed by atoms with Crippen molar-refractivity contribution in [2.75, 3.05) is 5.32 Å². The highest BCUT2D eigenvalue weighted by Crippen LogP contribution is 2.28. The summed E-state index contributed by atoms with van der Waals surface area (Å²) in [6.07, 6.45) is -3.48. The molecule has 1 unspecified atom stereocenters. The Morgan fingerprint density at radius 2 is 2.08 bits per heavy atom. The van der Waals surface area contributed by atoms with Crippen LogP contribution in [-0.2, 0) is 11.0 Å². The van der Waals surface area contributed by atoms with Crippen molar-refractivity contribution < 1.29 is 22.4 Å². The zero-order chi connectivity index (χ0) is 18.9. The molecule has 1 atom stereocenters. The number of thiazole rings is 1. The van der Waals surface area contributed by atoms with Gasteiger partial charge in [0.25, 0.3) is 5.91 Å². The van der Waals surface area contributed by atoms with Gasteiger partial charge in [0.05, 0.1) is 5.69 Å². The molecule has 3 rings (SSSR count). The van der Waals surface area contributed by atoms with E-state index < -0.39 is 29.6 Å². The van der Waals surface area contributed by atoms with Gasteiger partial charge in [-0.1, -0.05) is 12.1 Å². The normalized spacial score (nSPS) is 12.8. The minimum atomic E-state index is -4.57. The fourth-order valence-corrected chi connectivity index (χ4v) is 2.87. The monoisotopic (exact) mass is 384 g/mol. The molecule has 0 spiro atoms. The summed E-state index contributed by atoms with van der Waals surface area (Å²) < 4.78 is 52.0. The van der Waals surface area contributed by atoms with Gasteiger partial charge in [0.15, 0.2) is 10.8 Å². The number of carbonyl (C=O) groups excluding carboxylic acids is 1. The second-order valence-corrected chi connectivity index (χ2v) is 6.25. The third-order valence-corrected chi connectivity index (χ3v) is 4.29. The van der Waals surface area contributed by atoms with Crippen LogP contribution in [0.25, 0.3) is 11.3 Å². The standard InChI is InChI=1S/C16H12F4N4OS/c1-9(24-6-5-13(23-24)16(18,19)20)14(25)22-15-21-12(8-26-15)10-3-2-4-11(17)7-10/h2-9H,1H3,(H,21,22,25). The lowest BCUT2D eigenvalue weighted by molar-refractivity contribution is -0.141. The molecule has 3 aromatic rings. The molecule has 2 aromatic heterocycles. The molecule has 136 valence electrons.